The second kappa shape index (κ2) is 5.47. The fraction of sp³-hybridized carbons (Fsp3) is 0.600. The highest BCUT2D eigenvalue weighted by Gasteiger charge is 2.46. The van der Waals surface area contributed by atoms with Crippen LogP contribution in [0.25, 0.3) is 0 Å². The van der Waals surface area contributed by atoms with Crippen molar-refractivity contribution < 1.29 is 13.5 Å². The van der Waals surface area contributed by atoms with E-state index in [0.29, 0.717) is 12.3 Å². The van der Waals surface area contributed by atoms with Gasteiger partial charge in [-0.05, 0) is 23.5 Å². The first-order valence-corrected chi connectivity index (χ1v) is 8.80. The second-order valence-corrected chi connectivity index (χ2v) is 8.32. The smallest absolute Gasteiger partial charge is 0.151 e. The molecular formula is C15H23NO3S. The normalized spacial score (nSPS) is 26.9. The molecule has 1 saturated heterocycles. The third-order valence-corrected chi connectivity index (χ3v) is 6.16. The Morgan fingerprint density at radius 2 is 1.80 bits per heavy atom. The van der Waals surface area contributed by atoms with Crippen molar-refractivity contribution >= 4 is 9.84 Å². The summed E-state index contributed by atoms with van der Waals surface area (Å²) in [4.78, 5) is 0. The van der Waals surface area contributed by atoms with Crippen molar-refractivity contribution in [2.45, 2.75) is 32.3 Å². The molecular weight excluding hydrogens is 274 g/mol. The highest BCUT2D eigenvalue weighted by atomic mass is 32.2. The summed E-state index contributed by atoms with van der Waals surface area (Å²) >= 11 is 0. The van der Waals surface area contributed by atoms with E-state index >= 15 is 0 Å². The third kappa shape index (κ3) is 2.90. The van der Waals surface area contributed by atoms with E-state index in [2.05, 4.69) is 13.8 Å². The van der Waals surface area contributed by atoms with Gasteiger partial charge in [0.2, 0.25) is 0 Å². The van der Waals surface area contributed by atoms with Gasteiger partial charge in [-0.15, -0.1) is 0 Å². The van der Waals surface area contributed by atoms with Crippen LogP contribution in [0.2, 0.25) is 0 Å². The fourth-order valence-electron chi connectivity index (χ4n) is 2.85. The number of aliphatic hydroxyl groups is 1. The lowest BCUT2D eigenvalue weighted by Crippen LogP contribution is -2.38. The molecule has 1 aliphatic heterocycles. The first kappa shape index (κ1) is 15.5. The van der Waals surface area contributed by atoms with Crippen LogP contribution in [0.4, 0.5) is 0 Å². The molecule has 3 N–H and O–H groups in total. The number of aliphatic hydroxyl groups excluding tert-OH is 1. The summed E-state index contributed by atoms with van der Waals surface area (Å²) < 4.78 is 23.4. The van der Waals surface area contributed by atoms with Crippen molar-refractivity contribution in [2.75, 3.05) is 18.1 Å². The summed E-state index contributed by atoms with van der Waals surface area (Å²) in [5.74, 6) is 0.520. The van der Waals surface area contributed by atoms with Crippen LogP contribution in [-0.2, 0) is 9.84 Å². The maximum Gasteiger partial charge on any atom is 0.151 e. The van der Waals surface area contributed by atoms with Crippen LogP contribution in [0.1, 0.15) is 43.4 Å². The van der Waals surface area contributed by atoms with Gasteiger partial charge in [-0.3, -0.25) is 0 Å². The number of hydrogen-bond donors (Lipinski definition) is 2. The van der Waals surface area contributed by atoms with Gasteiger partial charge in [-0.1, -0.05) is 38.1 Å². The van der Waals surface area contributed by atoms with Gasteiger partial charge in [-0.25, -0.2) is 8.42 Å². The molecule has 1 aromatic rings. The lowest BCUT2D eigenvalue weighted by atomic mass is 9.78. The molecule has 1 aromatic carbocycles. The molecule has 2 atom stereocenters. The summed E-state index contributed by atoms with van der Waals surface area (Å²) in [6.45, 7) is 4.39. The first-order chi connectivity index (χ1) is 9.30. The molecule has 1 aliphatic rings. The summed E-state index contributed by atoms with van der Waals surface area (Å²) in [5.41, 5.74) is 6.99. The highest BCUT2D eigenvalue weighted by Crippen LogP contribution is 2.42. The highest BCUT2D eigenvalue weighted by molar-refractivity contribution is 7.91. The van der Waals surface area contributed by atoms with Crippen LogP contribution in [0, 0.1) is 5.41 Å². The topological polar surface area (TPSA) is 80.4 Å². The van der Waals surface area contributed by atoms with Crippen LogP contribution in [0.5, 0.6) is 0 Å². The maximum atomic E-state index is 11.7. The van der Waals surface area contributed by atoms with Gasteiger partial charge in [0, 0.05) is 12.0 Å². The standard InChI is InChI=1S/C15H23NO3S/c1-11(2)12-3-5-13(6-4-12)14(17)15(9-16)7-8-20(18,19)10-15/h3-6,11,14,17H,7-10,16H2,1-2H3. The molecule has 1 heterocycles. The van der Waals surface area contributed by atoms with Crippen molar-refractivity contribution in [3.63, 3.8) is 0 Å². The molecule has 0 aliphatic carbocycles. The molecule has 4 nitrogen and oxygen atoms in total. The molecule has 112 valence electrons. The molecule has 2 rings (SSSR count). The Bertz CT molecular complexity index is 565. The molecule has 0 saturated carbocycles. The van der Waals surface area contributed by atoms with E-state index in [1.807, 2.05) is 24.3 Å². The SMILES string of the molecule is CC(C)c1ccc(C(O)C2(CN)CCS(=O)(=O)C2)cc1. The van der Waals surface area contributed by atoms with Crippen molar-refractivity contribution in [2.24, 2.45) is 11.1 Å². The summed E-state index contributed by atoms with van der Waals surface area (Å²) in [7, 11) is -3.08. The number of hydrogen-bond acceptors (Lipinski definition) is 4. The van der Waals surface area contributed by atoms with Crippen molar-refractivity contribution in [3.05, 3.63) is 35.4 Å². The van der Waals surface area contributed by atoms with E-state index in [-0.39, 0.29) is 18.1 Å². The van der Waals surface area contributed by atoms with E-state index in [1.54, 1.807) is 0 Å². The lowest BCUT2D eigenvalue weighted by molar-refractivity contribution is 0.0472. The molecule has 0 amide bonds. The average Bonchev–Trinajstić information content (AvgIpc) is 2.75. The Labute approximate surface area is 120 Å². The minimum absolute atomic E-state index is 0.0242. The van der Waals surface area contributed by atoms with Gasteiger partial charge >= 0.3 is 0 Å². The van der Waals surface area contributed by atoms with Crippen LogP contribution in [0.15, 0.2) is 24.3 Å². The first-order valence-electron chi connectivity index (χ1n) is 6.98. The van der Waals surface area contributed by atoms with E-state index in [9.17, 15) is 13.5 Å². The van der Waals surface area contributed by atoms with Crippen molar-refractivity contribution in [1.82, 2.24) is 0 Å². The van der Waals surface area contributed by atoms with Gasteiger partial charge < -0.3 is 10.8 Å². The van der Waals surface area contributed by atoms with Crippen LogP contribution in [-0.4, -0.2) is 31.6 Å². The minimum atomic E-state index is -3.08. The molecule has 2 unspecified atom stereocenters. The fourth-order valence-corrected chi connectivity index (χ4v) is 5.00. The van der Waals surface area contributed by atoms with Crippen LogP contribution >= 0.6 is 0 Å². The zero-order chi connectivity index (χ0) is 15.0. The minimum Gasteiger partial charge on any atom is -0.388 e. The predicted molar refractivity (Wildman–Crippen MR) is 80.2 cm³/mol. The van der Waals surface area contributed by atoms with Crippen LogP contribution in [0.3, 0.4) is 0 Å². The van der Waals surface area contributed by atoms with Gasteiger partial charge in [-0.2, -0.15) is 0 Å². The van der Waals surface area contributed by atoms with E-state index in [4.69, 9.17) is 5.73 Å². The third-order valence-electron chi connectivity index (χ3n) is 4.32. The van der Waals surface area contributed by atoms with Gasteiger partial charge in [0.15, 0.2) is 9.84 Å². The molecule has 0 radical (unpaired) electrons. The number of rotatable bonds is 4. The Kier molecular flexibility index (Phi) is 4.23. The quantitative estimate of drug-likeness (QED) is 0.884. The molecule has 1 fully saturated rings. The van der Waals surface area contributed by atoms with Gasteiger partial charge in [0.25, 0.3) is 0 Å². The predicted octanol–water partition coefficient (Wildman–Crippen LogP) is 1.61. The van der Waals surface area contributed by atoms with Gasteiger partial charge in [0.05, 0.1) is 17.6 Å². The monoisotopic (exact) mass is 297 g/mol. The summed E-state index contributed by atoms with van der Waals surface area (Å²) in [6.07, 6.45) is -0.398. The molecule has 5 heteroatoms. The lowest BCUT2D eigenvalue weighted by Gasteiger charge is -2.32. The average molecular weight is 297 g/mol. The Morgan fingerprint density at radius 3 is 2.20 bits per heavy atom. The van der Waals surface area contributed by atoms with Crippen LogP contribution < -0.4 is 5.73 Å². The Hall–Kier alpha value is -0.910. The number of benzene rings is 1. The second-order valence-electron chi connectivity index (χ2n) is 6.13. The van der Waals surface area contributed by atoms with E-state index in [0.717, 1.165) is 5.56 Å². The maximum absolute atomic E-state index is 11.7. The van der Waals surface area contributed by atoms with E-state index in [1.165, 1.54) is 5.56 Å². The zero-order valence-electron chi connectivity index (χ0n) is 12.0. The number of sulfone groups is 1. The van der Waals surface area contributed by atoms with E-state index < -0.39 is 21.4 Å². The largest absolute Gasteiger partial charge is 0.388 e. The number of nitrogens with two attached hydrogens (primary N) is 1. The Morgan fingerprint density at radius 1 is 1.25 bits per heavy atom. The Balaban J connectivity index is 2.27. The van der Waals surface area contributed by atoms with Crippen molar-refractivity contribution in [1.29, 1.82) is 0 Å². The molecule has 20 heavy (non-hydrogen) atoms. The summed E-state index contributed by atoms with van der Waals surface area (Å²) in [5, 5.41) is 10.6. The molecule has 0 bridgehead atoms. The van der Waals surface area contributed by atoms with Gasteiger partial charge in [0.1, 0.15) is 0 Å². The molecule has 0 spiro atoms. The summed E-state index contributed by atoms with van der Waals surface area (Å²) in [6, 6.07) is 7.72. The van der Waals surface area contributed by atoms with Crippen molar-refractivity contribution in [3.8, 4) is 0 Å². The molecule has 0 aromatic heterocycles. The zero-order valence-corrected chi connectivity index (χ0v) is 12.9.